The van der Waals surface area contributed by atoms with E-state index in [4.69, 9.17) is 4.74 Å². The van der Waals surface area contributed by atoms with Gasteiger partial charge in [-0.15, -0.1) is 0 Å². The Kier molecular flexibility index (Phi) is 4.16. The number of hydrogen-bond donors (Lipinski definition) is 2. The maximum Gasteiger partial charge on any atom is 0.330 e. The molecule has 1 aromatic carbocycles. The summed E-state index contributed by atoms with van der Waals surface area (Å²) in [6, 6.07) is 5.71. The Labute approximate surface area is 142 Å². The summed E-state index contributed by atoms with van der Waals surface area (Å²) in [5.74, 6) is -1.29. The lowest BCUT2D eigenvalue weighted by molar-refractivity contribution is -0.190. The molecule has 130 valence electrons. The van der Waals surface area contributed by atoms with Crippen molar-refractivity contribution >= 4 is 11.9 Å². The molecule has 2 aliphatic rings. The molecular formula is C19H25NO4. The number of nitrogens with one attached hydrogen (secondary N) is 1. The molecular weight excluding hydrogens is 306 g/mol. The number of aryl methyl sites for hydroxylation is 1. The molecule has 0 radical (unpaired) electrons. The average molecular weight is 331 g/mol. The third-order valence-electron chi connectivity index (χ3n) is 5.85. The van der Waals surface area contributed by atoms with Crippen molar-refractivity contribution < 1.29 is 19.4 Å². The highest BCUT2D eigenvalue weighted by Gasteiger charge is 2.66. The summed E-state index contributed by atoms with van der Waals surface area (Å²) >= 11 is 0. The molecule has 24 heavy (non-hydrogen) atoms. The maximum absolute atomic E-state index is 12.9. The molecule has 1 fully saturated rings. The molecule has 0 spiro atoms. The molecule has 0 bridgehead atoms. The van der Waals surface area contributed by atoms with Crippen LogP contribution in [0.4, 0.5) is 0 Å². The Morgan fingerprint density at radius 3 is 2.71 bits per heavy atom. The molecule has 0 aromatic heterocycles. The minimum absolute atomic E-state index is 0.166. The van der Waals surface area contributed by atoms with E-state index in [0.717, 1.165) is 24.8 Å². The number of carbonyl (C=O) groups excluding carboxylic acids is 1. The summed E-state index contributed by atoms with van der Waals surface area (Å²) in [5.41, 5.74) is 0.927. The molecule has 2 unspecified atom stereocenters. The first-order valence-electron chi connectivity index (χ1n) is 8.61. The van der Waals surface area contributed by atoms with Crippen molar-refractivity contribution in [3.8, 4) is 0 Å². The Hall–Kier alpha value is -1.88. The Bertz CT molecular complexity index is 682. The number of carboxylic acids is 1. The van der Waals surface area contributed by atoms with Gasteiger partial charge in [0.1, 0.15) is 5.54 Å². The van der Waals surface area contributed by atoms with Gasteiger partial charge in [0, 0.05) is 24.0 Å². The fourth-order valence-electron chi connectivity index (χ4n) is 4.13. The average Bonchev–Trinajstić information content (AvgIpc) is 3.01. The van der Waals surface area contributed by atoms with Crippen LogP contribution in [0.5, 0.6) is 0 Å². The van der Waals surface area contributed by atoms with Crippen LogP contribution in [0.25, 0.3) is 0 Å². The number of amides is 1. The maximum atomic E-state index is 12.9. The van der Waals surface area contributed by atoms with Gasteiger partial charge in [0.25, 0.3) is 5.91 Å². The summed E-state index contributed by atoms with van der Waals surface area (Å²) in [7, 11) is 0. The fraction of sp³-hybridized carbons (Fsp3) is 0.579. The van der Waals surface area contributed by atoms with Gasteiger partial charge in [-0.05, 0) is 43.4 Å². The zero-order chi connectivity index (χ0) is 17.5. The Balaban J connectivity index is 1.87. The summed E-state index contributed by atoms with van der Waals surface area (Å²) in [6.45, 7) is 6.12. The largest absolute Gasteiger partial charge is 0.479 e. The van der Waals surface area contributed by atoms with Crippen LogP contribution in [-0.2, 0) is 22.4 Å². The van der Waals surface area contributed by atoms with E-state index in [1.54, 1.807) is 6.07 Å². The number of hydrogen-bond acceptors (Lipinski definition) is 3. The number of benzene rings is 1. The Morgan fingerprint density at radius 1 is 1.33 bits per heavy atom. The molecule has 1 saturated carbocycles. The quantitative estimate of drug-likeness (QED) is 0.869. The normalized spacial score (nSPS) is 27.2. The number of rotatable bonds is 5. The monoisotopic (exact) mass is 331 g/mol. The van der Waals surface area contributed by atoms with Crippen molar-refractivity contribution in [2.45, 2.75) is 58.1 Å². The first-order chi connectivity index (χ1) is 11.3. The van der Waals surface area contributed by atoms with Crippen molar-refractivity contribution in [3.05, 3.63) is 34.9 Å². The molecule has 5 nitrogen and oxygen atoms in total. The number of fused-ring (bicyclic) bond motifs is 1. The van der Waals surface area contributed by atoms with Gasteiger partial charge in [-0.2, -0.15) is 0 Å². The van der Waals surface area contributed by atoms with E-state index in [2.05, 4.69) is 5.32 Å². The van der Waals surface area contributed by atoms with E-state index in [-0.39, 0.29) is 12.0 Å². The predicted octanol–water partition coefficient (Wildman–Crippen LogP) is 2.56. The molecule has 1 amide bonds. The topological polar surface area (TPSA) is 75.6 Å². The highest BCUT2D eigenvalue weighted by molar-refractivity contribution is 6.00. The van der Waals surface area contributed by atoms with Crippen LogP contribution < -0.4 is 5.32 Å². The highest BCUT2D eigenvalue weighted by atomic mass is 16.5. The molecule has 1 aromatic rings. The summed E-state index contributed by atoms with van der Waals surface area (Å²) in [4.78, 5) is 24.9. The van der Waals surface area contributed by atoms with Gasteiger partial charge in [-0.1, -0.05) is 26.0 Å². The van der Waals surface area contributed by atoms with Gasteiger partial charge in [-0.3, -0.25) is 4.79 Å². The van der Waals surface area contributed by atoms with Crippen molar-refractivity contribution in [1.29, 1.82) is 0 Å². The smallest absolute Gasteiger partial charge is 0.330 e. The Morgan fingerprint density at radius 2 is 2.08 bits per heavy atom. The van der Waals surface area contributed by atoms with Gasteiger partial charge in [0.15, 0.2) is 0 Å². The van der Waals surface area contributed by atoms with Gasteiger partial charge < -0.3 is 15.2 Å². The summed E-state index contributed by atoms with van der Waals surface area (Å²) in [6.07, 6.45) is 3.04. The van der Waals surface area contributed by atoms with Crippen LogP contribution in [-0.4, -0.2) is 35.2 Å². The van der Waals surface area contributed by atoms with Crippen molar-refractivity contribution in [2.75, 3.05) is 6.61 Å². The molecule has 3 rings (SSSR count). The van der Waals surface area contributed by atoms with E-state index in [1.165, 1.54) is 5.56 Å². The molecule has 0 aliphatic heterocycles. The predicted molar refractivity (Wildman–Crippen MR) is 90.1 cm³/mol. The van der Waals surface area contributed by atoms with Gasteiger partial charge >= 0.3 is 5.97 Å². The molecule has 5 heteroatoms. The molecule has 2 N–H and O–H groups in total. The third-order valence-corrected chi connectivity index (χ3v) is 5.85. The van der Waals surface area contributed by atoms with Crippen molar-refractivity contribution in [3.63, 3.8) is 0 Å². The van der Waals surface area contributed by atoms with Crippen LogP contribution in [0.15, 0.2) is 18.2 Å². The second-order valence-electron chi connectivity index (χ2n) is 7.33. The summed E-state index contributed by atoms with van der Waals surface area (Å²) in [5, 5.41) is 12.7. The highest BCUT2D eigenvalue weighted by Crippen LogP contribution is 2.51. The van der Waals surface area contributed by atoms with E-state index in [9.17, 15) is 14.7 Å². The van der Waals surface area contributed by atoms with Gasteiger partial charge in [-0.25, -0.2) is 4.79 Å². The van der Waals surface area contributed by atoms with E-state index >= 15 is 0 Å². The second-order valence-corrected chi connectivity index (χ2v) is 7.33. The first kappa shape index (κ1) is 17.0. The molecule has 2 atom stereocenters. The SMILES string of the molecule is CCOC1CC(NC(=O)c2cccc3c2CCC3)(C(=O)O)C1(C)C. The molecule has 0 saturated heterocycles. The van der Waals surface area contributed by atoms with Crippen molar-refractivity contribution in [1.82, 2.24) is 5.32 Å². The van der Waals surface area contributed by atoms with E-state index in [0.29, 0.717) is 18.6 Å². The van der Waals surface area contributed by atoms with Crippen LogP contribution in [0.3, 0.4) is 0 Å². The van der Waals surface area contributed by atoms with Gasteiger partial charge in [0.05, 0.1) is 6.10 Å². The number of aliphatic carboxylic acids is 1. The number of ether oxygens (including phenoxy) is 1. The zero-order valence-corrected chi connectivity index (χ0v) is 14.5. The third kappa shape index (κ3) is 2.34. The minimum atomic E-state index is -1.29. The van der Waals surface area contributed by atoms with Gasteiger partial charge in [0.2, 0.25) is 0 Å². The minimum Gasteiger partial charge on any atom is -0.479 e. The lowest BCUT2D eigenvalue weighted by Gasteiger charge is -2.58. The molecule has 0 heterocycles. The van der Waals surface area contributed by atoms with Crippen LogP contribution >= 0.6 is 0 Å². The fourth-order valence-corrected chi connectivity index (χ4v) is 4.13. The van der Waals surface area contributed by atoms with Crippen molar-refractivity contribution in [2.24, 2.45) is 5.41 Å². The standard InChI is InChI=1S/C19H25NO4/c1-4-24-15-11-19(17(22)23,18(15,2)3)20-16(21)14-10-6-8-12-7-5-9-13(12)14/h6,8,10,15H,4-5,7,9,11H2,1-3H3,(H,20,21)(H,22,23). The van der Waals surface area contributed by atoms with Crippen LogP contribution in [0.2, 0.25) is 0 Å². The zero-order valence-electron chi connectivity index (χ0n) is 14.5. The van der Waals surface area contributed by atoms with E-state index in [1.807, 2.05) is 32.9 Å². The lowest BCUT2D eigenvalue weighted by atomic mass is 9.54. The summed E-state index contributed by atoms with van der Waals surface area (Å²) < 4.78 is 5.65. The van der Waals surface area contributed by atoms with Crippen LogP contribution in [0.1, 0.15) is 55.1 Å². The molecule has 2 aliphatic carbocycles. The lowest BCUT2D eigenvalue weighted by Crippen LogP contribution is -2.76. The number of carboxylic acid groups (broad SMARTS) is 1. The van der Waals surface area contributed by atoms with Crippen LogP contribution in [0, 0.1) is 5.41 Å². The van der Waals surface area contributed by atoms with E-state index < -0.39 is 16.9 Å². The first-order valence-corrected chi connectivity index (χ1v) is 8.61. The second kappa shape index (κ2) is 5.88. The number of carbonyl (C=O) groups is 2.